The molecule has 0 aliphatic carbocycles. The number of aromatic nitrogens is 1. The summed E-state index contributed by atoms with van der Waals surface area (Å²) >= 11 is 3.57. The fourth-order valence-electron chi connectivity index (χ4n) is 4.02. The Morgan fingerprint density at radius 3 is 2.66 bits per heavy atom. The van der Waals surface area contributed by atoms with Crippen LogP contribution in [0.5, 0.6) is 0 Å². The Hall–Kier alpha value is -2.59. The molecule has 0 saturated carbocycles. The van der Waals surface area contributed by atoms with Crippen LogP contribution < -0.4 is 5.73 Å². The van der Waals surface area contributed by atoms with Gasteiger partial charge >= 0.3 is 0 Å². The van der Waals surface area contributed by atoms with Crippen LogP contribution in [0.2, 0.25) is 0 Å². The van der Waals surface area contributed by atoms with E-state index in [1.54, 1.807) is 6.07 Å². The van der Waals surface area contributed by atoms with Gasteiger partial charge in [0.1, 0.15) is 0 Å². The Bertz CT molecular complexity index is 1190. The van der Waals surface area contributed by atoms with Crippen LogP contribution in [0.1, 0.15) is 47.7 Å². The van der Waals surface area contributed by atoms with E-state index in [1.807, 2.05) is 18.2 Å². The average Bonchev–Trinajstić information content (AvgIpc) is 3.01. The fraction of sp³-hybridized carbons (Fsp3) is 0.240. The number of hydrogen-bond donors (Lipinski definition) is 1. The molecule has 0 atom stereocenters. The molecule has 4 heteroatoms. The van der Waals surface area contributed by atoms with Crippen LogP contribution in [0.3, 0.4) is 0 Å². The van der Waals surface area contributed by atoms with Gasteiger partial charge in [-0.05, 0) is 60.4 Å². The summed E-state index contributed by atoms with van der Waals surface area (Å²) in [5.74, 6) is -0.405. The third kappa shape index (κ3) is 3.95. The van der Waals surface area contributed by atoms with Crippen molar-refractivity contribution in [3.63, 3.8) is 0 Å². The van der Waals surface area contributed by atoms with Crippen molar-refractivity contribution in [2.24, 2.45) is 5.73 Å². The molecule has 147 valence electrons. The maximum absolute atomic E-state index is 12.1. The topological polar surface area (TPSA) is 48.0 Å². The van der Waals surface area contributed by atoms with Crippen molar-refractivity contribution < 1.29 is 4.79 Å². The number of benzene rings is 3. The molecular formula is C25H24BrN2O. The molecule has 1 amide bonds. The van der Waals surface area contributed by atoms with Gasteiger partial charge in [-0.2, -0.15) is 0 Å². The smallest absolute Gasteiger partial charge is 0.249 e. The number of hydrogen-bond acceptors (Lipinski definition) is 1. The lowest BCUT2D eigenvalue weighted by atomic mass is 10.0. The summed E-state index contributed by atoms with van der Waals surface area (Å²) in [5, 5.41) is 1.86. The summed E-state index contributed by atoms with van der Waals surface area (Å²) in [6.07, 6.45) is 4.65. The molecule has 1 heterocycles. The van der Waals surface area contributed by atoms with E-state index in [4.69, 9.17) is 5.73 Å². The number of rotatable bonds is 7. The van der Waals surface area contributed by atoms with E-state index in [1.165, 1.54) is 30.4 Å². The molecule has 0 saturated heterocycles. The van der Waals surface area contributed by atoms with E-state index in [0.717, 1.165) is 32.7 Å². The van der Waals surface area contributed by atoms with E-state index in [2.05, 4.69) is 63.8 Å². The lowest BCUT2D eigenvalue weighted by Gasteiger charge is -2.09. The number of fused-ring (bicyclic) bond motifs is 3. The Kier molecular flexibility index (Phi) is 5.72. The number of amides is 1. The predicted octanol–water partition coefficient (Wildman–Crippen LogP) is 6.24. The first kappa shape index (κ1) is 19.7. The van der Waals surface area contributed by atoms with Gasteiger partial charge in [-0.25, -0.2) is 0 Å². The highest BCUT2D eigenvalue weighted by Crippen LogP contribution is 2.33. The van der Waals surface area contributed by atoms with Gasteiger partial charge in [-0.15, -0.1) is 0 Å². The number of carbonyl (C=O) groups excluding carboxylic acids is 1. The van der Waals surface area contributed by atoms with Crippen molar-refractivity contribution in [3.8, 4) is 0 Å². The lowest BCUT2D eigenvalue weighted by Crippen LogP contribution is -2.11. The van der Waals surface area contributed by atoms with Crippen molar-refractivity contribution in [2.45, 2.75) is 39.2 Å². The van der Waals surface area contributed by atoms with E-state index in [9.17, 15) is 4.79 Å². The van der Waals surface area contributed by atoms with Gasteiger partial charge in [-0.3, -0.25) is 4.79 Å². The average molecular weight is 448 g/mol. The summed E-state index contributed by atoms with van der Waals surface area (Å²) in [7, 11) is 0. The van der Waals surface area contributed by atoms with Gasteiger partial charge in [0.2, 0.25) is 5.91 Å². The second kappa shape index (κ2) is 8.42. The lowest BCUT2D eigenvalue weighted by molar-refractivity contribution is 0.100. The standard InChI is InChI=1S/C25H24BrN2O/c1-2-3-4-7-17-12-13-20-23(15-17)28(16-18-8-5-9-19(26)14-18)22-11-6-10-21(24(20)22)25(27)29/h5-6,8-12,14-15H,2-4,7,16H2,1H3,(H2,27,29). The number of unbranched alkanes of at least 4 members (excludes halogenated alkanes) is 2. The summed E-state index contributed by atoms with van der Waals surface area (Å²) in [6.45, 7) is 2.93. The van der Waals surface area contributed by atoms with Gasteiger partial charge < -0.3 is 10.3 Å². The molecule has 29 heavy (non-hydrogen) atoms. The second-order valence-electron chi connectivity index (χ2n) is 7.51. The van der Waals surface area contributed by atoms with Crippen LogP contribution >= 0.6 is 15.9 Å². The zero-order valence-corrected chi connectivity index (χ0v) is 18.1. The van der Waals surface area contributed by atoms with Crippen LogP contribution in [-0.4, -0.2) is 10.5 Å². The summed E-state index contributed by atoms with van der Waals surface area (Å²) in [4.78, 5) is 12.1. The molecule has 0 bridgehead atoms. The van der Waals surface area contributed by atoms with Crippen molar-refractivity contribution in [1.82, 2.24) is 4.57 Å². The second-order valence-corrected chi connectivity index (χ2v) is 8.42. The van der Waals surface area contributed by atoms with Gasteiger partial charge in [-0.1, -0.05) is 60.0 Å². The molecule has 0 unspecified atom stereocenters. The van der Waals surface area contributed by atoms with Crippen LogP contribution in [-0.2, 0) is 13.0 Å². The van der Waals surface area contributed by atoms with Gasteiger partial charge in [0.05, 0.1) is 11.0 Å². The van der Waals surface area contributed by atoms with E-state index in [-0.39, 0.29) is 0 Å². The molecule has 1 aromatic heterocycles. The van der Waals surface area contributed by atoms with Crippen LogP contribution in [0.15, 0.2) is 59.1 Å². The summed E-state index contributed by atoms with van der Waals surface area (Å²) in [6, 6.07) is 21.9. The SMILES string of the molecule is CCCCCc1c[c]c2c3c(C(N)=O)cccc3n(Cc3cccc(Br)c3)c2c1. The largest absolute Gasteiger partial charge is 0.366 e. The normalized spacial score (nSPS) is 11.4. The van der Waals surface area contributed by atoms with Crippen LogP contribution in [0.25, 0.3) is 21.8 Å². The first-order valence-electron chi connectivity index (χ1n) is 10.1. The molecule has 0 aliphatic rings. The summed E-state index contributed by atoms with van der Waals surface area (Å²) in [5.41, 5.74) is 10.8. The maximum atomic E-state index is 12.1. The van der Waals surface area contributed by atoms with Gasteiger partial charge in [0.15, 0.2) is 0 Å². The molecule has 4 rings (SSSR count). The molecule has 1 radical (unpaired) electrons. The van der Waals surface area contributed by atoms with Crippen LogP contribution in [0, 0.1) is 6.07 Å². The van der Waals surface area contributed by atoms with Crippen molar-refractivity contribution in [2.75, 3.05) is 0 Å². The Balaban J connectivity index is 1.92. The van der Waals surface area contributed by atoms with Gasteiger partial charge in [0.25, 0.3) is 0 Å². The molecule has 2 N–H and O–H groups in total. The molecule has 0 spiro atoms. The third-order valence-corrected chi connectivity index (χ3v) is 5.91. The summed E-state index contributed by atoms with van der Waals surface area (Å²) < 4.78 is 3.33. The number of aryl methyl sites for hydroxylation is 1. The molecule has 3 nitrogen and oxygen atoms in total. The first-order chi connectivity index (χ1) is 14.1. The van der Waals surface area contributed by atoms with Crippen molar-refractivity contribution in [3.05, 3.63) is 81.8 Å². The minimum Gasteiger partial charge on any atom is -0.366 e. The zero-order valence-electron chi connectivity index (χ0n) is 16.5. The van der Waals surface area contributed by atoms with E-state index < -0.39 is 5.91 Å². The first-order valence-corrected chi connectivity index (χ1v) is 10.9. The molecule has 3 aromatic carbocycles. The Morgan fingerprint density at radius 2 is 1.90 bits per heavy atom. The number of carbonyl (C=O) groups is 1. The monoisotopic (exact) mass is 447 g/mol. The highest BCUT2D eigenvalue weighted by atomic mass is 79.9. The quantitative estimate of drug-likeness (QED) is 0.335. The third-order valence-electron chi connectivity index (χ3n) is 5.42. The molecule has 0 fully saturated rings. The molecule has 4 aromatic rings. The minimum absolute atomic E-state index is 0.405. The fourth-order valence-corrected chi connectivity index (χ4v) is 4.46. The highest BCUT2D eigenvalue weighted by Gasteiger charge is 2.17. The predicted molar refractivity (Wildman–Crippen MR) is 123 cm³/mol. The van der Waals surface area contributed by atoms with Crippen LogP contribution in [0.4, 0.5) is 0 Å². The van der Waals surface area contributed by atoms with E-state index >= 15 is 0 Å². The van der Waals surface area contributed by atoms with E-state index in [0.29, 0.717) is 12.1 Å². The Labute approximate surface area is 179 Å². The van der Waals surface area contributed by atoms with Gasteiger partial charge in [0, 0.05) is 27.4 Å². The van der Waals surface area contributed by atoms with Crippen molar-refractivity contribution in [1.29, 1.82) is 0 Å². The maximum Gasteiger partial charge on any atom is 0.249 e. The number of primary amides is 1. The molecular weight excluding hydrogens is 424 g/mol. The number of nitrogens with zero attached hydrogens (tertiary/aromatic N) is 1. The number of nitrogens with two attached hydrogens (primary N) is 1. The van der Waals surface area contributed by atoms with Crippen molar-refractivity contribution >= 4 is 43.6 Å². The zero-order chi connectivity index (χ0) is 20.4. The Morgan fingerprint density at radius 1 is 1.07 bits per heavy atom. The highest BCUT2D eigenvalue weighted by molar-refractivity contribution is 9.10. The minimum atomic E-state index is -0.405. The number of halogens is 1. The molecule has 0 aliphatic heterocycles.